The van der Waals surface area contributed by atoms with E-state index in [4.69, 9.17) is 4.42 Å². The molecule has 1 saturated heterocycles. The third-order valence-electron chi connectivity index (χ3n) is 3.14. The van der Waals surface area contributed by atoms with Gasteiger partial charge in [0, 0.05) is 19.4 Å². The van der Waals surface area contributed by atoms with Crippen LogP contribution in [0.4, 0.5) is 6.01 Å². The van der Waals surface area contributed by atoms with Crippen LogP contribution in [0.1, 0.15) is 24.8 Å². The lowest BCUT2D eigenvalue weighted by Gasteiger charge is -2.03. The smallest absolute Gasteiger partial charge is 0.329 e. The molecule has 0 aromatic carbocycles. The number of aryl methyl sites for hydroxylation is 1. The quantitative estimate of drug-likeness (QED) is 0.858. The van der Waals surface area contributed by atoms with E-state index in [1.165, 1.54) is 12.3 Å². The number of sulfonamides is 1. The maximum Gasteiger partial charge on any atom is 0.329 e. The Balaban J connectivity index is 1.77. The van der Waals surface area contributed by atoms with Gasteiger partial charge in [0.25, 0.3) is 10.0 Å². The second kappa shape index (κ2) is 4.91. The highest BCUT2D eigenvalue weighted by molar-refractivity contribution is 7.92. The fourth-order valence-electron chi connectivity index (χ4n) is 2.12. The number of nitrogens with one attached hydrogen (secondary N) is 2. The number of aromatic nitrogens is 3. The minimum absolute atomic E-state index is 0.0116. The first-order valence-corrected chi connectivity index (χ1v) is 7.74. The molecule has 8 nitrogen and oxygen atoms in total. The summed E-state index contributed by atoms with van der Waals surface area (Å²) in [5, 5.41) is 10.8. The summed E-state index contributed by atoms with van der Waals surface area (Å²) in [5.41, 5.74) is 0. The lowest BCUT2D eigenvalue weighted by atomic mass is 10.2. The van der Waals surface area contributed by atoms with Gasteiger partial charge in [-0.2, -0.15) is 0 Å². The largest absolute Gasteiger partial charge is 0.406 e. The van der Waals surface area contributed by atoms with Crippen LogP contribution in [-0.4, -0.2) is 29.7 Å². The zero-order chi connectivity index (χ0) is 14.2. The predicted octanol–water partition coefficient (Wildman–Crippen LogP) is 0.633. The van der Waals surface area contributed by atoms with E-state index in [0.29, 0.717) is 5.89 Å². The van der Waals surface area contributed by atoms with E-state index >= 15 is 0 Å². The summed E-state index contributed by atoms with van der Waals surface area (Å²) in [6, 6.07) is 1.40. The van der Waals surface area contributed by atoms with Crippen molar-refractivity contribution in [2.75, 3.05) is 11.3 Å². The highest BCUT2D eigenvalue weighted by atomic mass is 32.2. The summed E-state index contributed by atoms with van der Waals surface area (Å²) in [5.74, 6) is 0.410. The SMILES string of the molecule is Cn1ccc(S(=O)(=O)Nc2nnc(C3CCCN3)o2)c1. The molecule has 108 valence electrons. The van der Waals surface area contributed by atoms with Crippen molar-refractivity contribution in [1.82, 2.24) is 20.1 Å². The van der Waals surface area contributed by atoms with Crippen LogP contribution in [-0.2, 0) is 17.1 Å². The fourth-order valence-corrected chi connectivity index (χ4v) is 3.10. The first-order valence-electron chi connectivity index (χ1n) is 6.26. The Hall–Kier alpha value is -1.87. The van der Waals surface area contributed by atoms with Crippen LogP contribution in [0.25, 0.3) is 0 Å². The van der Waals surface area contributed by atoms with E-state index in [1.54, 1.807) is 17.8 Å². The number of rotatable bonds is 4. The van der Waals surface area contributed by atoms with E-state index in [1.807, 2.05) is 0 Å². The Kier molecular flexibility index (Phi) is 3.22. The average Bonchev–Trinajstić information content (AvgIpc) is 3.06. The molecule has 2 aromatic rings. The minimum Gasteiger partial charge on any atom is -0.406 e. The van der Waals surface area contributed by atoms with Gasteiger partial charge in [-0.25, -0.2) is 13.1 Å². The van der Waals surface area contributed by atoms with Crippen molar-refractivity contribution in [3.63, 3.8) is 0 Å². The van der Waals surface area contributed by atoms with Crippen LogP contribution >= 0.6 is 0 Å². The summed E-state index contributed by atoms with van der Waals surface area (Å²) < 4.78 is 33.4. The molecule has 1 aliphatic rings. The molecular formula is C11H15N5O3S. The summed E-state index contributed by atoms with van der Waals surface area (Å²) in [4.78, 5) is 0.152. The molecule has 1 atom stereocenters. The van der Waals surface area contributed by atoms with Crippen molar-refractivity contribution in [3.05, 3.63) is 24.4 Å². The molecule has 2 aromatic heterocycles. The number of nitrogens with zero attached hydrogens (tertiary/aromatic N) is 3. The molecule has 1 unspecified atom stereocenters. The molecule has 0 spiro atoms. The van der Waals surface area contributed by atoms with Gasteiger partial charge in [-0.15, -0.1) is 5.10 Å². The predicted molar refractivity (Wildman–Crippen MR) is 70.5 cm³/mol. The van der Waals surface area contributed by atoms with Crippen molar-refractivity contribution in [2.24, 2.45) is 7.05 Å². The molecular weight excluding hydrogens is 282 g/mol. The average molecular weight is 297 g/mol. The normalized spacial score (nSPS) is 19.4. The zero-order valence-electron chi connectivity index (χ0n) is 10.9. The van der Waals surface area contributed by atoms with Gasteiger partial charge in [-0.1, -0.05) is 5.10 Å². The lowest BCUT2D eigenvalue weighted by molar-refractivity contribution is 0.439. The van der Waals surface area contributed by atoms with E-state index in [2.05, 4.69) is 20.2 Å². The van der Waals surface area contributed by atoms with Gasteiger partial charge in [0.2, 0.25) is 5.89 Å². The Bertz CT molecular complexity index is 699. The van der Waals surface area contributed by atoms with Gasteiger partial charge in [0.1, 0.15) is 4.90 Å². The molecule has 0 radical (unpaired) electrons. The second-order valence-corrected chi connectivity index (χ2v) is 6.39. The fraction of sp³-hybridized carbons (Fsp3) is 0.455. The molecule has 3 heterocycles. The second-order valence-electron chi connectivity index (χ2n) is 4.71. The van der Waals surface area contributed by atoms with Crippen molar-refractivity contribution >= 4 is 16.0 Å². The minimum atomic E-state index is -3.69. The third-order valence-corrected chi connectivity index (χ3v) is 4.44. The topological polar surface area (TPSA) is 102 Å². The van der Waals surface area contributed by atoms with Crippen LogP contribution in [0, 0.1) is 0 Å². The summed E-state index contributed by atoms with van der Waals surface area (Å²) >= 11 is 0. The summed E-state index contributed by atoms with van der Waals surface area (Å²) in [7, 11) is -1.94. The monoisotopic (exact) mass is 297 g/mol. The van der Waals surface area contributed by atoms with Gasteiger partial charge in [-0.05, 0) is 25.5 Å². The van der Waals surface area contributed by atoms with Crippen LogP contribution in [0.5, 0.6) is 0 Å². The van der Waals surface area contributed by atoms with Gasteiger partial charge in [0.15, 0.2) is 0 Å². The number of hydrogen-bond acceptors (Lipinski definition) is 6. The Morgan fingerprint density at radius 1 is 1.50 bits per heavy atom. The molecule has 20 heavy (non-hydrogen) atoms. The van der Waals surface area contributed by atoms with Gasteiger partial charge < -0.3 is 14.3 Å². The highest BCUT2D eigenvalue weighted by Gasteiger charge is 2.24. The molecule has 1 aliphatic heterocycles. The van der Waals surface area contributed by atoms with Crippen LogP contribution in [0.2, 0.25) is 0 Å². The first kappa shape index (κ1) is 13.1. The zero-order valence-corrected chi connectivity index (χ0v) is 11.7. The molecule has 2 N–H and O–H groups in total. The maximum atomic E-state index is 12.1. The Labute approximate surface area is 116 Å². The first-order chi connectivity index (χ1) is 9.54. The summed E-state index contributed by atoms with van der Waals surface area (Å²) in [6.45, 7) is 0.901. The van der Waals surface area contributed by atoms with Crippen molar-refractivity contribution in [1.29, 1.82) is 0 Å². The molecule has 1 fully saturated rings. The van der Waals surface area contributed by atoms with E-state index < -0.39 is 10.0 Å². The van der Waals surface area contributed by atoms with E-state index in [9.17, 15) is 8.42 Å². The molecule has 3 rings (SSSR count). The van der Waals surface area contributed by atoms with Crippen LogP contribution in [0.3, 0.4) is 0 Å². The third kappa shape index (κ3) is 2.54. The molecule has 0 aliphatic carbocycles. The van der Waals surface area contributed by atoms with E-state index in [-0.39, 0.29) is 17.0 Å². The van der Waals surface area contributed by atoms with E-state index in [0.717, 1.165) is 19.4 Å². The van der Waals surface area contributed by atoms with Gasteiger partial charge >= 0.3 is 6.01 Å². The van der Waals surface area contributed by atoms with Crippen LogP contribution < -0.4 is 10.0 Å². The van der Waals surface area contributed by atoms with Crippen LogP contribution in [0.15, 0.2) is 27.8 Å². The molecule has 0 bridgehead atoms. The van der Waals surface area contributed by atoms with Gasteiger partial charge in [-0.3, -0.25) is 0 Å². The standard InChI is InChI=1S/C11H15N5O3S/c1-16-6-4-8(7-16)20(17,18)15-11-14-13-10(19-11)9-3-2-5-12-9/h4,6-7,9,12H,2-3,5H2,1H3,(H,14,15). The summed E-state index contributed by atoms with van der Waals surface area (Å²) in [6.07, 6.45) is 5.10. The Morgan fingerprint density at radius 3 is 3.00 bits per heavy atom. The molecule has 0 amide bonds. The lowest BCUT2D eigenvalue weighted by Crippen LogP contribution is -2.13. The number of hydrogen-bond donors (Lipinski definition) is 2. The highest BCUT2D eigenvalue weighted by Crippen LogP contribution is 2.23. The van der Waals surface area contributed by atoms with Crippen molar-refractivity contribution in [2.45, 2.75) is 23.8 Å². The maximum absolute atomic E-state index is 12.1. The molecule has 9 heteroatoms. The van der Waals surface area contributed by atoms with Crippen molar-refractivity contribution < 1.29 is 12.8 Å². The molecule has 0 saturated carbocycles. The van der Waals surface area contributed by atoms with Gasteiger partial charge in [0.05, 0.1) is 6.04 Å². The van der Waals surface area contributed by atoms with Crippen molar-refractivity contribution in [3.8, 4) is 0 Å². The Morgan fingerprint density at radius 2 is 2.35 bits per heavy atom. The number of anilines is 1.